The van der Waals surface area contributed by atoms with E-state index in [1.165, 1.54) is 18.2 Å². The van der Waals surface area contributed by atoms with E-state index in [0.29, 0.717) is 17.0 Å². The Balaban J connectivity index is 2.21. The lowest BCUT2D eigenvalue weighted by Gasteiger charge is -2.10. The third kappa shape index (κ3) is 3.31. The number of hydrogen-bond acceptors (Lipinski definition) is 4. The van der Waals surface area contributed by atoms with Crippen LogP contribution < -0.4 is 4.74 Å². The van der Waals surface area contributed by atoms with Crippen molar-refractivity contribution >= 4 is 35.0 Å². The van der Waals surface area contributed by atoms with Crippen LogP contribution >= 0.6 is 23.2 Å². The molecule has 0 heterocycles. The molecule has 1 N–H and O–H groups in total. The lowest BCUT2D eigenvalue weighted by Crippen LogP contribution is -1.96. The van der Waals surface area contributed by atoms with Crippen molar-refractivity contribution in [1.82, 2.24) is 0 Å². The predicted molar refractivity (Wildman–Crippen MR) is 76.7 cm³/mol. The molecular formula is C14H9Cl2NO3. The highest BCUT2D eigenvalue weighted by molar-refractivity contribution is 6.35. The zero-order chi connectivity index (χ0) is 14.5. The van der Waals surface area contributed by atoms with Gasteiger partial charge in [-0.05, 0) is 6.07 Å². The number of ether oxygens (including phenoxy) is 1. The highest BCUT2D eigenvalue weighted by atomic mass is 35.5. The Hall–Kier alpha value is -2.00. The van der Waals surface area contributed by atoms with Gasteiger partial charge < -0.3 is 9.84 Å². The molecule has 0 amide bonds. The molecule has 2 aromatic rings. The molecular weight excluding hydrogens is 301 g/mol. The molecule has 0 aliphatic heterocycles. The first kappa shape index (κ1) is 14.4. The van der Waals surface area contributed by atoms with Gasteiger partial charge in [-0.2, -0.15) is 4.99 Å². The van der Waals surface area contributed by atoms with Gasteiger partial charge in [-0.3, -0.25) is 0 Å². The van der Waals surface area contributed by atoms with E-state index in [1.807, 2.05) is 0 Å². The molecule has 102 valence electrons. The van der Waals surface area contributed by atoms with Gasteiger partial charge in [-0.1, -0.05) is 41.4 Å². The van der Waals surface area contributed by atoms with E-state index < -0.39 is 0 Å². The minimum atomic E-state index is -0.116. The van der Waals surface area contributed by atoms with E-state index >= 15 is 0 Å². The first-order chi connectivity index (χ1) is 9.61. The average molecular weight is 310 g/mol. The molecule has 0 atom stereocenters. The molecule has 0 aliphatic carbocycles. The number of benzene rings is 2. The average Bonchev–Trinajstić information content (AvgIpc) is 2.43. The summed E-state index contributed by atoms with van der Waals surface area (Å²) < 4.78 is 5.53. The first-order valence-electron chi connectivity index (χ1n) is 5.58. The number of nitrogens with zero attached hydrogens (tertiary/aromatic N) is 1. The number of para-hydroxylation sites is 1. The summed E-state index contributed by atoms with van der Waals surface area (Å²) in [5.74, 6) is 0.217. The Bertz CT molecular complexity index is 682. The van der Waals surface area contributed by atoms with Crippen LogP contribution in [0.3, 0.4) is 0 Å². The molecule has 0 fully saturated rings. The Morgan fingerprint density at radius 2 is 1.95 bits per heavy atom. The quantitative estimate of drug-likeness (QED) is 0.678. The lowest BCUT2D eigenvalue weighted by atomic mass is 10.2. The second kappa shape index (κ2) is 6.44. The van der Waals surface area contributed by atoms with Crippen LogP contribution in [0.25, 0.3) is 0 Å². The summed E-state index contributed by atoms with van der Waals surface area (Å²) in [5.41, 5.74) is 1.18. The number of aliphatic imine (C=N–C) groups is 1. The summed E-state index contributed by atoms with van der Waals surface area (Å²) in [6, 6.07) is 9.72. The van der Waals surface area contributed by atoms with E-state index in [-0.39, 0.29) is 22.4 Å². The summed E-state index contributed by atoms with van der Waals surface area (Å²) in [5, 5.41) is 9.78. The van der Waals surface area contributed by atoms with Crippen molar-refractivity contribution in [2.75, 3.05) is 0 Å². The lowest BCUT2D eigenvalue weighted by molar-refractivity contribution is 0.306. The molecule has 0 radical (unpaired) electrons. The molecule has 0 saturated carbocycles. The smallest absolute Gasteiger partial charge is 0.240 e. The number of isocyanates is 1. The highest BCUT2D eigenvalue weighted by Gasteiger charge is 2.09. The number of phenolic OH excluding ortho intramolecular Hbond substituents is 1. The van der Waals surface area contributed by atoms with Crippen LogP contribution in [0.2, 0.25) is 10.0 Å². The van der Waals surface area contributed by atoms with Crippen LogP contribution in [0, 0.1) is 0 Å². The molecule has 0 spiro atoms. The maximum absolute atomic E-state index is 10.3. The fourth-order valence-corrected chi connectivity index (χ4v) is 1.94. The Morgan fingerprint density at radius 3 is 2.70 bits per heavy atom. The van der Waals surface area contributed by atoms with Crippen molar-refractivity contribution < 1.29 is 14.6 Å². The molecule has 0 unspecified atom stereocenters. The van der Waals surface area contributed by atoms with Gasteiger partial charge in [0.2, 0.25) is 6.08 Å². The molecule has 4 nitrogen and oxygen atoms in total. The Kier molecular flexibility index (Phi) is 4.64. The number of carbonyl (C=O) groups excluding carboxylic acids is 1. The van der Waals surface area contributed by atoms with Crippen LogP contribution in [-0.4, -0.2) is 11.2 Å². The van der Waals surface area contributed by atoms with Crippen LogP contribution in [0.5, 0.6) is 11.5 Å². The largest absolute Gasteiger partial charge is 0.506 e. The third-order valence-corrected chi connectivity index (χ3v) is 3.14. The topological polar surface area (TPSA) is 58.9 Å². The van der Waals surface area contributed by atoms with Gasteiger partial charge >= 0.3 is 0 Å². The molecule has 2 rings (SSSR count). The van der Waals surface area contributed by atoms with E-state index in [2.05, 4.69) is 4.99 Å². The standard InChI is InChI=1S/C14H9Cl2NO3/c15-10-6-14(11(16)5-13(10)19)20-7-9-3-1-2-4-12(9)17-8-18/h1-6,19H,7H2. The fourth-order valence-electron chi connectivity index (χ4n) is 1.58. The predicted octanol–water partition coefficient (Wildman–Crippen LogP) is 4.25. The zero-order valence-electron chi connectivity index (χ0n) is 10.1. The second-order valence-corrected chi connectivity index (χ2v) is 4.67. The summed E-state index contributed by atoms with van der Waals surface area (Å²) >= 11 is 11.7. The van der Waals surface area contributed by atoms with E-state index in [9.17, 15) is 9.90 Å². The fraction of sp³-hybridized carbons (Fsp3) is 0.0714. The highest BCUT2D eigenvalue weighted by Crippen LogP contribution is 2.35. The van der Waals surface area contributed by atoms with Gasteiger partial charge in [-0.15, -0.1) is 0 Å². The molecule has 0 bridgehead atoms. The van der Waals surface area contributed by atoms with Gasteiger partial charge in [0.05, 0.1) is 15.7 Å². The van der Waals surface area contributed by atoms with Gasteiger partial charge in [0, 0.05) is 17.7 Å². The van der Waals surface area contributed by atoms with Crippen LogP contribution in [0.4, 0.5) is 5.69 Å². The first-order valence-corrected chi connectivity index (χ1v) is 6.34. The van der Waals surface area contributed by atoms with Gasteiger partial charge in [0.25, 0.3) is 0 Å². The number of halogens is 2. The summed E-state index contributed by atoms with van der Waals surface area (Å²) in [4.78, 5) is 13.9. The van der Waals surface area contributed by atoms with Crippen molar-refractivity contribution in [1.29, 1.82) is 0 Å². The van der Waals surface area contributed by atoms with E-state index in [1.54, 1.807) is 24.3 Å². The van der Waals surface area contributed by atoms with Crippen LogP contribution in [0.15, 0.2) is 41.4 Å². The number of rotatable bonds is 4. The molecule has 6 heteroatoms. The number of hydrogen-bond donors (Lipinski definition) is 1. The van der Waals surface area contributed by atoms with Gasteiger partial charge in [-0.25, -0.2) is 4.79 Å². The molecule has 20 heavy (non-hydrogen) atoms. The third-order valence-electron chi connectivity index (χ3n) is 2.54. The number of aromatic hydroxyl groups is 1. The molecule has 2 aromatic carbocycles. The molecule has 0 saturated heterocycles. The normalized spacial score (nSPS) is 9.90. The van der Waals surface area contributed by atoms with Crippen molar-refractivity contribution in [3.63, 3.8) is 0 Å². The molecule has 0 aromatic heterocycles. The van der Waals surface area contributed by atoms with Crippen molar-refractivity contribution in [2.45, 2.75) is 6.61 Å². The Morgan fingerprint density at radius 1 is 1.20 bits per heavy atom. The van der Waals surface area contributed by atoms with Crippen molar-refractivity contribution in [2.24, 2.45) is 4.99 Å². The van der Waals surface area contributed by atoms with Crippen molar-refractivity contribution in [3.05, 3.63) is 52.0 Å². The minimum Gasteiger partial charge on any atom is -0.506 e. The summed E-state index contributed by atoms with van der Waals surface area (Å²) in [6.45, 7) is 0.155. The summed E-state index contributed by atoms with van der Waals surface area (Å²) in [6.07, 6.45) is 1.49. The van der Waals surface area contributed by atoms with E-state index in [0.717, 1.165) is 0 Å². The SMILES string of the molecule is O=C=Nc1ccccc1COc1cc(Cl)c(O)cc1Cl. The number of phenols is 1. The van der Waals surface area contributed by atoms with Crippen LogP contribution in [-0.2, 0) is 11.4 Å². The maximum atomic E-state index is 10.3. The van der Waals surface area contributed by atoms with E-state index in [4.69, 9.17) is 27.9 Å². The van der Waals surface area contributed by atoms with Crippen molar-refractivity contribution in [3.8, 4) is 11.5 Å². The molecule has 0 aliphatic rings. The monoisotopic (exact) mass is 309 g/mol. The van der Waals surface area contributed by atoms with Gasteiger partial charge in [0.1, 0.15) is 18.1 Å². The second-order valence-electron chi connectivity index (χ2n) is 3.85. The van der Waals surface area contributed by atoms with Crippen LogP contribution in [0.1, 0.15) is 5.56 Å². The Labute approximate surface area is 125 Å². The maximum Gasteiger partial charge on any atom is 0.240 e. The zero-order valence-corrected chi connectivity index (χ0v) is 11.6. The summed E-state index contributed by atoms with van der Waals surface area (Å²) in [7, 11) is 0. The van der Waals surface area contributed by atoms with Gasteiger partial charge in [0.15, 0.2) is 0 Å². The minimum absolute atomic E-state index is 0.116.